The van der Waals surface area contributed by atoms with E-state index in [9.17, 15) is 13.6 Å². The summed E-state index contributed by atoms with van der Waals surface area (Å²) in [5, 5.41) is 9.16. The zero-order valence-electron chi connectivity index (χ0n) is 26.5. The molecule has 1 unspecified atom stereocenters. The number of benzene rings is 3. The van der Waals surface area contributed by atoms with Gasteiger partial charge in [0, 0.05) is 37.3 Å². The van der Waals surface area contributed by atoms with Gasteiger partial charge >= 0.3 is 5.97 Å². The summed E-state index contributed by atoms with van der Waals surface area (Å²) in [6.45, 7) is 4.81. The minimum absolute atomic E-state index is 0.00746. The van der Waals surface area contributed by atoms with Gasteiger partial charge in [0.15, 0.2) is 0 Å². The van der Waals surface area contributed by atoms with Crippen molar-refractivity contribution in [3.63, 3.8) is 0 Å². The molecule has 0 saturated carbocycles. The van der Waals surface area contributed by atoms with Crippen LogP contribution in [-0.4, -0.2) is 72.1 Å². The summed E-state index contributed by atoms with van der Waals surface area (Å²) in [4.78, 5) is 16.6. The second-order valence-corrected chi connectivity index (χ2v) is 12.7. The fourth-order valence-electron chi connectivity index (χ4n) is 6.74. The Balaban J connectivity index is 1.42. The molecule has 6 nitrogen and oxygen atoms in total. The SMILES string of the molecule is C[C@@H]1Cc2cc(OCc3ccccc3)ccc2C(c2c(F)cc(N3CCCCN(CC(=O)O)CCCC3)cc2F)N1CC(C)(F)F. The number of carbonyl (C=O) groups is 1. The number of carboxylic acid groups (broad SMARTS) is 1. The second-order valence-electron chi connectivity index (χ2n) is 12.7. The largest absolute Gasteiger partial charge is 0.489 e. The number of halogens is 4. The third-order valence-electron chi connectivity index (χ3n) is 8.90. The first kappa shape index (κ1) is 33.7. The Labute approximate surface area is 268 Å². The molecular formula is C36H43F4N3O3. The molecule has 0 amide bonds. The minimum Gasteiger partial charge on any atom is -0.489 e. The van der Waals surface area contributed by atoms with Gasteiger partial charge in [-0.25, -0.2) is 17.6 Å². The van der Waals surface area contributed by atoms with Crippen molar-refractivity contribution in [1.29, 1.82) is 0 Å². The number of aliphatic carboxylic acids is 1. The highest BCUT2D eigenvalue weighted by Gasteiger charge is 2.40. The number of hydrogen-bond acceptors (Lipinski definition) is 5. The first-order valence-corrected chi connectivity index (χ1v) is 16.1. The highest BCUT2D eigenvalue weighted by molar-refractivity contribution is 5.69. The van der Waals surface area contributed by atoms with E-state index in [2.05, 4.69) is 0 Å². The van der Waals surface area contributed by atoms with Crippen LogP contribution in [0.2, 0.25) is 0 Å². The number of rotatable bonds is 9. The minimum atomic E-state index is -3.07. The van der Waals surface area contributed by atoms with E-state index in [1.807, 2.05) is 53.1 Å². The maximum Gasteiger partial charge on any atom is 0.317 e. The Morgan fingerprint density at radius 1 is 0.935 bits per heavy atom. The Kier molecular flexibility index (Phi) is 10.9. The summed E-state index contributed by atoms with van der Waals surface area (Å²) in [5.41, 5.74) is 2.59. The average molecular weight is 642 g/mol. The quantitative estimate of drug-likeness (QED) is 0.248. The summed E-state index contributed by atoms with van der Waals surface area (Å²) < 4.78 is 67.4. The Morgan fingerprint density at radius 2 is 1.57 bits per heavy atom. The number of hydrogen-bond donors (Lipinski definition) is 1. The lowest BCUT2D eigenvalue weighted by Gasteiger charge is -2.43. The maximum absolute atomic E-state index is 16.2. The first-order chi connectivity index (χ1) is 22.0. The van der Waals surface area contributed by atoms with Crippen LogP contribution in [0, 0.1) is 11.6 Å². The molecule has 5 rings (SSSR count). The standard InChI is InChI=1S/C36H43F4N3O3/c1-25-18-27-19-29(46-23-26-10-4-3-5-11-26)12-13-30(27)35(43(25)24-36(2,39)40)34-31(37)20-28(21-32(34)38)42-16-8-6-14-41(22-33(44)45)15-7-9-17-42/h3-5,10-13,19-21,25,35H,6-9,14-18,22-24H2,1-2H3,(H,44,45)/t25-,35?/m1/s1. The molecule has 1 N–H and O–H groups in total. The van der Waals surface area contributed by atoms with Gasteiger partial charge in [-0.3, -0.25) is 14.6 Å². The molecule has 1 saturated heterocycles. The molecule has 1 fully saturated rings. The van der Waals surface area contributed by atoms with Crippen LogP contribution in [0.15, 0.2) is 60.7 Å². The fourth-order valence-corrected chi connectivity index (χ4v) is 6.74. The Bertz CT molecular complexity index is 1450. The highest BCUT2D eigenvalue weighted by atomic mass is 19.3. The van der Waals surface area contributed by atoms with Crippen LogP contribution in [0.5, 0.6) is 5.75 Å². The predicted octanol–water partition coefficient (Wildman–Crippen LogP) is 7.30. The molecular weight excluding hydrogens is 598 g/mol. The van der Waals surface area contributed by atoms with Crippen molar-refractivity contribution in [3.05, 3.63) is 94.6 Å². The van der Waals surface area contributed by atoms with Crippen LogP contribution in [0.3, 0.4) is 0 Å². The summed E-state index contributed by atoms with van der Waals surface area (Å²) in [6, 6.07) is 16.3. The van der Waals surface area contributed by atoms with E-state index in [4.69, 9.17) is 9.84 Å². The molecule has 0 bridgehead atoms. The molecule has 3 aromatic carbocycles. The number of ether oxygens (including phenoxy) is 1. The third-order valence-corrected chi connectivity index (χ3v) is 8.90. The molecule has 10 heteroatoms. The van der Waals surface area contributed by atoms with Crippen molar-refractivity contribution in [2.75, 3.05) is 44.2 Å². The van der Waals surface area contributed by atoms with Gasteiger partial charge in [0.05, 0.1) is 19.1 Å². The second kappa shape index (κ2) is 14.9. The molecule has 3 aromatic rings. The fraction of sp³-hybridized carbons (Fsp3) is 0.472. The van der Waals surface area contributed by atoms with E-state index >= 15 is 8.78 Å². The van der Waals surface area contributed by atoms with Crippen LogP contribution in [0.1, 0.15) is 67.8 Å². The topological polar surface area (TPSA) is 56.3 Å². The van der Waals surface area contributed by atoms with Crippen molar-refractivity contribution in [3.8, 4) is 5.75 Å². The molecule has 0 radical (unpaired) electrons. The van der Waals surface area contributed by atoms with Crippen LogP contribution >= 0.6 is 0 Å². The van der Waals surface area contributed by atoms with Crippen molar-refractivity contribution >= 4 is 11.7 Å². The molecule has 0 spiro atoms. The normalized spacial score (nSPS) is 20.3. The van der Waals surface area contributed by atoms with E-state index in [-0.39, 0.29) is 12.1 Å². The number of fused-ring (bicyclic) bond motifs is 1. The van der Waals surface area contributed by atoms with Crippen molar-refractivity contribution < 1.29 is 32.2 Å². The molecule has 2 aliphatic heterocycles. The van der Waals surface area contributed by atoms with E-state index in [1.165, 1.54) is 17.0 Å². The smallest absolute Gasteiger partial charge is 0.317 e. The van der Waals surface area contributed by atoms with E-state index < -0.39 is 42.2 Å². The van der Waals surface area contributed by atoms with Crippen molar-refractivity contribution in [2.45, 2.75) is 70.6 Å². The van der Waals surface area contributed by atoms with Gasteiger partial charge < -0.3 is 14.7 Å². The summed E-state index contributed by atoms with van der Waals surface area (Å²) in [6.07, 6.45) is 3.44. The van der Waals surface area contributed by atoms with Crippen LogP contribution in [0.25, 0.3) is 0 Å². The molecule has 0 aromatic heterocycles. The lowest BCUT2D eigenvalue weighted by atomic mass is 9.84. The Morgan fingerprint density at radius 3 is 2.17 bits per heavy atom. The molecule has 248 valence electrons. The molecule has 0 aliphatic carbocycles. The third kappa shape index (κ3) is 8.59. The van der Waals surface area contributed by atoms with E-state index in [0.29, 0.717) is 56.2 Å². The maximum atomic E-state index is 16.2. The summed E-state index contributed by atoms with van der Waals surface area (Å²) in [7, 11) is 0. The molecule has 2 atom stereocenters. The van der Waals surface area contributed by atoms with E-state index in [1.54, 1.807) is 12.1 Å². The van der Waals surface area contributed by atoms with Crippen LogP contribution < -0.4 is 9.64 Å². The molecule has 2 heterocycles. The lowest BCUT2D eigenvalue weighted by molar-refractivity contribution is -0.138. The van der Waals surface area contributed by atoms with Crippen LogP contribution in [0.4, 0.5) is 23.2 Å². The van der Waals surface area contributed by atoms with Gasteiger partial charge in [-0.05, 0) is 93.1 Å². The molecule has 46 heavy (non-hydrogen) atoms. The molecule has 2 aliphatic rings. The number of alkyl halides is 2. The zero-order valence-corrected chi connectivity index (χ0v) is 26.5. The number of nitrogens with zero attached hydrogens (tertiary/aromatic N) is 3. The number of carboxylic acids is 1. The average Bonchev–Trinajstić information content (AvgIpc) is 2.99. The van der Waals surface area contributed by atoms with Crippen molar-refractivity contribution in [1.82, 2.24) is 9.80 Å². The summed E-state index contributed by atoms with van der Waals surface area (Å²) in [5.74, 6) is -4.85. The highest BCUT2D eigenvalue weighted by Crippen LogP contribution is 2.43. The van der Waals surface area contributed by atoms with Gasteiger partial charge in [0.1, 0.15) is 24.0 Å². The van der Waals surface area contributed by atoms with Gasteiger partial charge in [-0.15, -0.1) is 0 Å². The van der Waals surface area contributed by atoms with Gasteiger partial charge in [-0.2, -0.15) is 0 Å². The van der Waals surface area contributed by atoms with Crippen molar-refractivity contribution in [2.24, 2.45) is 0 Å². The van der Waals surface area contributed by atoms with Gasteiger partial charge in [0.25, 0.3) is 5.92 Å². The lowest BCUT2D eigenvalue weighted by Crippen LogP contribution is -2.48. The zero-order chi connectivity index (χ0) is 32.8. The van der Waals surface area contributed by atoms with Crippen LogP contribution in [-0.2, 0) is 17.8 Å². The monoisotopic (exact) mass is 641 g/mol. The Hall–Kier alpha value is -3.63. The van der Waals surface area contributed by atoms with Gasteiger partial charge in [-0.1, -0.05) is 36.4 Å². The van der Waals surface area contributed by atoms with Gasteiger partial charge in [0.2, 0.25) is 0 Å². The number of anilines is 1. The first-order valence-electron chi connectivity index (χ1n) is 16.1. The predicted molar refractivity (Wildman–Crippen MR) is 171 cm³/mol. The summed E-state index contributed by atoms with van der Waals surface area (Å²) >= 11 is 0. The van der Waals surface area contributed by atoms with E-state index in [0.717, 1.165) is 43.7 Å².